The Morgan fingerprint density at radius 1 is 1.32 bits per heavy atom. The van der Waals surface area contributed by atoms with Crippen LogP contribution >= 0.6 is 0 Å². The van der Waals surface area contributed by atoms with Crippen LogP contribution in [0.3, 0.4) is 0 Å². The van der Waals surface area contributed by atoms with Gasteiger partial charge in [0.1, 0.15) is 17.3 Å². The number of carbonyl (C=O) groups is 1. The molecule has 3 N–H and O–H groups in total. The molecule has 0 saturated carbocycles. The third-order valence-electron chi connectivity index (χ3n) is 2.84. The molecule has 0 bridgehead atoms. The van der Waals surface area contributed by atoms with Crippen LogP contribution in [-0.4, -0.2) is 12.5 Å². The highest BCUT2D eigenvalue weighted by molar-refractivity contribution is 5.91. The SMILES string of the molecule is CC(C)CC(CN)CC(=O)Nc1c(F)cccc1F. The lowest BCUT2D eigenvalue weighted by atomic mass is 9.94. The summed E-state index contributed by atoms with van der Waals surface area (Å²) in [5, 5.41) is 2.27. The topological polar surface area (TPSA) is 55.1 Å². The zero-order valence-electron chi connectivity index (χ0n) is 11.2. The largest absolute Gasteiger partial charge is 0.330 e. The van der Waals surface area contributed by atoms with Crippen molar-refractivity contribution >= 4 is 11.6 Å². The predicted molar refractivity (Wildman–Crippen MR) is 71.6 cm³/mol. The van der Waals surface area contributed by atoms with Gasteiger partial charge in [0.25, 0.3) is 0 Å². The Morgan fingerprint density at radius 3 is 2.37 bits per heavy atom. The number of hydrogen-bond acceptors (Lipinski definition) is 2. The predicted octanol–water partition coefficient (Wildman–Crippen LogP) is 2.91. The smallest absolute Gasteiger partial charge is 0.224 e. The molecule has 1 aromatic carbocycles. The van der Waals surface area contributed by atoms with Crippen LogP contribution in [0, 0.1) is 23.5 Å². The van der Waals surface area contributed by atoms with E-state index >= 15 is 0 Å². The number of nitrogens with one attached hydrogen (secondary N) is 1. The average Bonchev–Trinajstić information content (AvgIpc) is 2.32. The van der Waals surface area contributed by atoms with Gasteiger partial charge in [-0.15, -0.1) is 0 Å². The van der Waals surface area contributed by atoms with Crippen molar-refractivity contribution in [1.82, 2.24) is 0 Å². The molecule has 0 saturated heterocycles. The van der Waals surface area contributed by atoms with Crippen molar-refractivity contribution < 1.29 is 13.6 Å². The van der Waals surface area contributed by atoms with Gasteiger partial charge in [-0.25, -0.2) is 8.78 Å². The lowest BCUT2D eigenvalue weighted by molar-refractivity contribution is -0.117. The molecule has 106 valence electrons. The van der Waals surface area contributed by atoms with Gasteiger partial charge in [0, 0.05) is 6.42 Å². The third-order valence-corrected chi connectivity index (χ3v) is 2.84. The summed E-state index contributed by atoms with van der Waals surface area (Å²) < 4.78 is 26.7. The minimum Gasteiger partial charge on any atom is -0.330 e. The monoisotopic (exact) mass is 270 g/mol. The Hall–Kier alpha value is -1.49. The second-order valence-electron chi connectivity index (χ2n) is 5.08. The van der Waals surface area contributed by atoms with Crippen molar-refractivity contribution in [3.8, 4) is 0 Å². The highest BCUT2D eigenvalue weighted by Crippen LogP contribution is 2.20. The highest BCUT2D eigenvalue weighted by Gasteiger charge is 2.17. The zero-order valence-corrected chi connectivity index (χ0v) is 11.2. The van der Waals surface area contributed by atoms with E-state index in [1.807, 2.05) is 13.8 Å². The van der Waals surface area contributed by atoms with Crippen LogP contribution in [0.15, 0.2) is 18.2 Å². The standard InChI is InChI=1S/C14H20F2N2O/c1-9(2)6-10(8-17)7-13(19)18-14-11(15)4-3-5-12(14)16/h3-5,9-10H,6-8,17H2,1-2H3,(H,18,19). The summed E-state index contributed by atoms with van der Waals surface area (Å²) in [6.07, 6.45) is 0.978. The molecule has 1 amide bonds. The summed E-state index contributed by atoms with van der Waals surface area (Å²) in [4.78, 5) is 11.8. The van der Waals surface area contributed by atoms with Gasteiger partial charge in [0.2, 0.25) is 5.91 Å². The number of para-hydroxylation sites is 1. The molecule has 3 nitrogen and oxygen atoms in total. The van der Waals surface area contributed by atoms with Gasteiger partial charge in [0.05, 0.1) is 0 Å². The van der Waals surface area contributed by atoms with Crippen LogP contribution < -0.4 is 11.1 Å². The Kier molecular flexibility index (Phi) is 5.89. The van der Waals surface area contributed by atoms with Crippen molar-refractivity contribution in [3.63, 3.8) is 0 Å². The quantitative estimate of drug-likeness (QED) is 0.835. The third kappa shape index (κ3) is 4.95. The molecule has 1 aromatic rings. The normalized spacial score (nSPS) is 12.5. The first-order valence-corrected chi connectivity index (χ1v) is 6.38. The Morgan fingerprint density at radius 2 is 1.89 bits per heavy atom. The lowest BCUT2D eigenvalue weighted by Crippen LogP contribution is -2.24. The minimum absolute atomic E-state index is 0.0230. The number of amides is 1. The number of nitrogens with two attached hydrogens (primary N) is 1. The van der Waals surface area contributed by atoms with Gasteiger partial charge in [-0.05, 0) is 36.9 Å². The molecule has 0 aromatic heterocycles. The summed E-state index contributed by atoms with van der Waals surface area (Å²) in [6, 6.07) is 3.46. The lowest BCUT2D eigenvalue weighted by Gasteiger charge is -2.16. The number of hydrogen-bond donors (Lipinski definition) is 2. The first-order valence-electron chi connectivity index (χ1n) is 6.38. The van der Waals surface area contributed by atoms with Gasteiger partial charge < -0.3 is 11.1 Å². The van der Waals surface area contributed by atoms with Crippen molar-refractivity contribution in [2.24, 2.45) is 17.6 Å². The Labute approximate surface area is 112 Å². The molecule has 1 atom stereocenters. The van der Waals surface area contributed by atoms with E-state index in [1.54, 1.807) is 0 Å². The second-order valence-corrected chi connectivity index (χ2v) is 5.08. The van der Waals surface area contributed by atoms with Crippen LogP contribution in [0.4, 0.5) is 14.5 Å². The fourth-order valence-corrected chi connectivity index (χ4v) is 2.00. The van der Waals surface area contributed by atoms with Gasteiger partial charge in [-0.1, -0.05) is 19.9 Å². The molecule has 19 heavy (non-hydrogen) atoms. The van der Waals surface area contributed by atoms with Gasteiger partial charge in [-0.2, -0.15) is 0 Å². The summed E-state index contributed by atoms with van der Waals surface area (Å²) in [7, 11) is 0. The molecular weight excluding hydrogens is 250 g/mol. The number of carbonyl (C=O) groups excluding carboxylic acids is 1. The molecule has 0 aliphatic rings. The van der Waals surface area contributed by atoms with Gasteiger partial charge in [-0.3, -0.25) is 4.79 Å². The number of rotatable bonds is 6. The molecule has 0 heterocycles. The van der Waals surface area contributed by atoms with Crippen molar-refractivity contribution in [2.45, 2.75) is 26.7 Å². The van der Waals surface area contributed by atoms with Crippen LogP contribution in [0.1, 0.15) is 26.7 Å². The Bertz CT molecular complexity index is 415. The van der Waals surface area contributed by atoms with Crippen LogP contribution in [0.25, 0.3) is 0 Å². The summed E-state index contributed by atoms with van der Waals surface area (Å²) in [5.41, 5.74) is 5.20. The van der Waals surface area contributed by atoms with Crippen molar-refractivity contribution in [1.29, 1.82) is 0 Å². The maximum atomic E-state index is 13.4. The molecule has 1 rings (SSSR count). The van der Waals surface area contributed by atoms with Crippen LogP contribution in [0.5, 0.6) is 0 Å². The van der Waals surface area contributed by atoms with E-state index in [-0.39, 0.29) is 12.3 Å². The van der Waals surface area contributed by atoms with E-state index in [1.165, 1.54) is 6.07 Å². The van der Waals surface area contributed by atoms with Crippen LogP contribution in [-0.2, 0) is 4.79 Å². The molecule has 0 spiro atoms. The maximum absolute atomic E-state index is 13.4. The minimum atomic E-state index is -0.776. The summed E-state index contributed by atoms with van der Waals surface area (Å²) in [5.74, 6) is -1.52. The highest BCUT2D eigenvalue weighted by atomic mass is 19.1. The van der Waals surface area contributed by atoms with E-state index in [0.29, 0.717) is 12.5 Å². The van der Waals surface area contributed by atoms with Crippen LogP contribution in [0.2, 0.25) is 0 Å². The molecule has 0 aliphatic heterocycles. The average molecular weight is 270 g/mol. The second kappa shape index (κ2) is 7.19. The van der Waals surface area contributed by atoms with E-state index in [9.17, 15) is 13.6 Å². The maximum Gasteiger partial charge on any atom is 0.224 e. The fourth-order valence-electron chi connectivity index (χ4n) is 2.00. The van der Waals surface area contributed by atoms with Crippen molar-refractivity contribution in [3.05, 3.63) is 29.8 Å². The molecular formula is C14H20F2N2O. The zero-order chi connectivity index (χ0) is 14.4. The first-order chi connectivity index (χ1) is 8.93. The van der Waals surface area contributed by atoms with E-state index in [0.717, 1.165) is 18.6 Å². The molecule has 1 unspecified atom stereocenters. The molecule has 0 fully saturated rings. The van der Waals surface area contributed by atoms with Crippen molar-refractivity contribution in [2.75, 3.05) is 11.9 Å². The van der Waals surface area contributed by atoms with E-state index in [4.69, 9.17) is 5.73 Å². The molecule has 0 aliphatic carbocycles. The summed E-state index contributed by atoms with van der Waals surface area (Å²) in [6.45, 7) is 4.46. The van der Waals surface area contributed by atoms with Gasteiger partial charge in [0.15, 0.2) is 0 Å². The molecule has 0 radical (unpaired) electrons. The number of anilines is 1. The summed E-state index contributed by atoms with van der Waals surface area (Å²) >= 11 is 0. The number of halogens is 2. The Balaban J connectivity index is 2.64. The van der Waals surface area contributed by atoms with E-state index in [2.05, 4.69) is 5.32 Å². The number of benzene rings is 1. The first kappa shape index (κ1) is 15.6. The van der Waals surface area contributed by atoms with E-state index < -0.39 is 23.2 Å². The fraction of sp³-hybridized carbons (Fsp3) is 0.500. The van der Waals surface area contributed by atoms with Gasteiger partial charge >= 0.3 is 0 Å². The molecule has 5 heteroatoms.